The van der Waals surface area contributed by atoms with Crippen LogP contribution in [0.2, 0.25) is 0 Å². The van der Waals surface area contributed by atoms with Crippen LogP contribution < -0.4 is 0 Å². The van der Waals surface area contributed by atoms with E-state index in [0.29, 0.717) is 5.41 Å². The Hall–Kier alpha value is -2.34. The number of hydrogen-bond donors (Lipinski definition) is 2. The SMILES string of the molecule is CCCCCN1CC2(CCN(Cc3ccccc3)C2)C1.O=C(O)C(F)(F)F.O=C(O)C(F)(F)F. The largest absolute Gasteiger partial charge is 0.490 e. The highest BCUT2D eigenvalue weighted by molar-refractivity contribution is 5.73. The third-order valence-corrected chi connectivity index (χ3v) is 5.45. The Morgan fingerprint density at radius 2 is 1.35 bits per heavy atom. The maximum atomic E-state index is 10.6. The van der Waals surface area contributed by atoms with Gasteiger partial charge in [0.15, 0.2) is 0 Å². The second-order valence-electron chi connectivity index (χ2n) is 8.47. The summed E-state index contributed by atoms with van der Waals surface area (Å²) in [7, 11) is 0. The fraction of sp³-hybridized carbons (Fsp3) is 0.636. The zero-order valence-electron chi connectivity index (χ0n) is 18.8. The van der Waals surface area contributed by atoms with Gasteiger partial charge in [0, 0.05) is 31.6 Å². The maximum Gasteiger partial charge on any atom is 0.490 e. The molecule has 0 amide bonds. The van der Waals surface area contributed by atoms with E-state index in [1.165, 1.54) is 64.0 Å². The van der Waals surface area contributed by atoms with Gasteiger partial charge in [-0.1, -0.05) is 50.1 Å². The van der Waals surface area contributed by atoms with E-state index in [9.17, 15) is 26.3 Å². The van der Waals surface area contributed by atoms with E-state index in [-0.39, 0.29) is 0 Å². The van der Waals surface area contributed by atoms with E-state index < -0.39 is 24.3 Å². The van der Waals surface area contributed by atoms with Crippen molar-refractivity contribution in [1.29, 1.82) is 0 Å². The monoisotopic (exact) mass is 500 g/mol. The number of carboxylic acids is 2. The van der Waals surface area contributed by atoms with Crippen LogP contribution in [0, 0.1) is 5.41 Å². The van der Waals surface area contributed by atoms with Crippen LogP contribution in [0.4, 0.5) is 26.3 Å². The van der Waals surface area contributed by atoms with Crippen molar-refractivity contribution in [3.63, 3.8) is 0 Å². The molecule has 1 aromatic rings. The molecule has 12 heteroatoms. The molecule has 3 rings (SSSR count). The summed E-state index contributed by atoms with van der Waals surface area (Å²) in [6.45, 7) is 10.1. The van der Waals surface area contributed by atoms with Gasteiger partial charge in [0.25, 0.3) is 0 Å². The van der Waals surface area contributed by atoms with Crippen molar-refractivity contribution in [2.24, 2.45) is 5.41 Å². The van der Waals surface area contributed by atoms with Crippen molar-refractivity contribution in [2.75, 3.05) is 32.7 Å². The predicted molar refractivity (Wildman–Crippen MR) is 112 cm³/mol. The van der Waals surface area contributed by atoms with Gasteiger partial charge in [-0.15, -0.1) is 0 Å². The van der Waals surface area contributed by atoms with E-state index in [2.05, 4.69) is 47.1 Å². The van der Waals surface area contributed by atoms with Gasteiger partial charge >= 0.3 is 24.3 Å². The van der Waals surface area contributed by atoms with Crippen LogP contribution in [0.25, 0.3) is 0 Å². The lowest BCUT2D eigenvalue weighted by Gasteiger charge is -2.48. The van der Waals surface area contributed by atoms with Gasteiger partial charge in [-0.25, -0.2) is 9.59 Å². The molecule has 2 N–H and O–H groups in total. The minimum Gasteiger partial charge on any atom is -0.475 e. The minimum atomic E-state index is -5.08. The molecule has 194 valence electrons. The van der Waals surface area contributed by atoms with Gasteiger partial charge in [0.1, 0.15) is 0 Å². The summed E-state index contributed by atoms with van der Waals surface area (Å²) in [5.41, 5.74) is 2.10. The number of hydrogen-bond acceptors (Lipinski definition) is 4. The molecule has 1 aromatic carbocycles. The molecule has 0 unspecified atom stereocenters. The van der Waals surface area contributed by atoms with E-state index in [1.807, 2.05) is 0 Å². The molecular weight excluding hydrogens is 470 g/mol. The van der Waals surface area contributed by atoms with Crippen LogP contribution >= 0.6 is 0 Å². The van der Waals surface area contributed by atoms with Gasteiger partial charge in [-0.2, -0.15) is 26.3 Å². The number of carboxylic acid groups (broad SMARTS) is 2. The Labute approximate surface area is 194 Å². The average molecular weight is 500 g/mol. The first kappa shape index (κ1) is 29.7. The van der Waals surface area contributed by atoms with Gasteiger partial charge in [0.2, 0.25) is 0 Å². The number of likely N-dealkylation sites (tertiary alicyclic amines) is 2. The summed E-state index contributed by atoms with van der Waals surface area (Å²) in [6, 6.07) is 10.9. The number of halogens is 6. The summed E-state index contributed by atoms with van der Waals surface area (Å²) in [4.78, 5) is 23.1. The van der Waals surface area contributed by atoms with Crippen LogP contribution in [-0.4, -0.2) is 77.0 Å². The average Bonchev–Trinajstić information content (AvgIpc) is 3.12. The van der Waals surface area contributed by atoms with E-state index in [1.54, 1.807) is 0 Å². The molecule has 2 fully saturated rings. The number of carbonyl (C=O) groups is 2. The zero-order valence-corrected chi connectivity index (χ0v) is 18.8. The third-order valence-electron chi connectivity index (χ3n) is 5.45. The Kier molecular flexibility index (Phi) is 11.3. The molecule has 1 spiro atoms. The molecule has 2 heterocycles. The van der Waals surface area contributed by atoms with Crippen LogP contribution in [0.3, 0.4) is 0 Å². The summed E-state index contributed by atoms with van der Waals surface area (Å²) in [5, 5.41) is 14.2. The molecule has 0 aromatic heterocycles. The molecular formula is C22H30F6N2O4. The van der Waals surface area contributed by atoms with Crippen LogP contribution in [-0.2, 0) is 16.1 Å². The third kappa shape index (κ3) is 10.7. The molecule has 2 aliphatic heterocycles. The van der Waals surface area contributed by atoms with Gasteiger partial charge in [-0.3, -0.25) is 4.90 Å². The Morgan fingerprint density at radius 1 is 0.882 bits per heavy atom. The molecule has 2 saturated heterocycles. The molecule has 34 heavy (non-hydrogen) atoms. The van der Waals surface area contributed by atoms with Crippen molar-refractivity contribution in [2.45, 2.75) is 51.5 Å². The topological polar surface area (TPSA) is 81.1 Å². The van der Waals surface area contributed by atoms with Crippen molar-refractivity contribution < 1.29 is 46.1 Å². The second kappa shape index (κ2) is 12.9. The molecule has 0 bridgehead atoms. The number of unbranched alkanes of at least 4 members (excludes halogenated alkanes) is 2. The quantitative estimate of drug-likeness (QED) is 0.437. The first-order valence-corrected chi connectivity index (χ1v) is 10.8. The standard InChI is InChI=1S/C18H28N2.2C2HF3O2/c1-2-3-7-11-20-15-18(16-20)10-12-19(14-18)13-17-8-5-4-6-9-17;2*3-2(4,5)1(6)7/h4-6,8-9H,2-3,7,10-16H2,1H3;2*(H,6,7). The summed E-state index contributed by atoms with van der Waals surface area (Å²) >= 11 is 0. The number of alkyl halides is 6. The predicted octanol–water partition coefficient (Wildman–Crippen LogP) is 4.65. The fourth-order valence-corrected chi connectivity index (χ4v) is 3.91. The van der Waals surface area contributed by atoms with Crippen molar-refractivity contribution in [3.05, 3.63) is 35.9 Å². The molecule has 0 radical (unpaired) electrons. The van der Waals surface area contributed by atoms with Crippen molar-refractivity contribution in [1.82, 2.24) is 9.80 Å². The Bertz CT molecular complexity index is 741. The highest BCUT2D eigenvalue weighted by atomic mass is 19.4. The Morgan fingerprint density at radius 3 is 1.79 bits per heavy atom. The fourth-order valence-electron chi connectivity index (χ4n) is 3.91. The first-order valence-electron chi connectivity index (χ1n) is 10.8. The number of aliphatic carboxylic acids is 2. The highest BCUT2D eigenvalue weighted by Gasteiger charge is 2.46. The van der Waals surface area contributed by atoms with E-state index >= 15 is 0 Å². The van der Waals surface area contributed by atoms with Crippen LogP contribution in [0.15, 0.2) is 30.3 Å². The summed E-state index contributed by atoms with van der Waals surface area (Å²) in [5.74, 6) is -5.51. The highest BCUT2D eigenvalue weighted by Crippen LogP contribution is 2.40. The molecule has 0 saturated carbocycles. The smallest absolute Gasteiger partial charge is 0.475 e. The minimum absolute atomic E-state index is 0.640. The normalized spacial score (nSPS) is 17.7. The molecule has 6 nitrogen and oxygen atoms in total. The van der Waals surface area contributed by atoms with Crippen molar-refractivity contribution >= 4 is 11.9 Å². The van der Waals surface area contributed by atoms with E-state index in [4.69, 9.17) is 19.8 Å². The van der Waals surface area contributed by atoms with Crippen LogP contribution in [0.1, 0.15) is 38.2 Å². The maximum absolute atomic E-state index is 10.6. The zero-order chi connectivity index (χ0) is 26.0. The molecule has 0 aliphatic carbocycles. The second-order valence-corrected chi connectivity index (χ2v) is 8.47. The molecule has 2 aliphatic rings. The summed E-state index contributed by atoms with van der Waals surface area (Å²) < 4.78 is 63.5. The lowest BCUT2D eigenvalue weighted by molar-refractivity contribution is -0.193. The summed E-state index contributed by atoms with van der Waals surface area (Å²) in [6.07, 6.45) is -4.64. The molecule has 0 atom stereocenters. The van der Waals surface area contributed by atoms with Crippen LogP contribution in [0.5, 0.6) is 0 Å². The van der Waals surface area contributed by atoms with Crippen molar-refractivity contribution in [3.8, 4) is 0 Å². The number of benzene rings is 1. The lowest BCUT2D eigenvalue weighted by atomic mass is 9.79. The lowest BCUT2D eigenvalue weighted by Crippen LogP contribution is -2.57. The van der Waals surface area contributed by atoms with Gasteiger partial charge < -0.3 is 15.1 Å². The van der Waals surface area contributed by atoms with E-state index in [0.717, 1.165) is 6.54 Å². The number of rotatable bonds is 6. The Balaban J connectivity index is 0.000000343. The van der Waals surface area contributed by atoms with Gasteiger partial charge in [-0.05, 0) is 31.5 Å². The van der Waals surface area contributed by atoms with Gasteiger partial charge in [0.05, 0.1) is 0 Å². The number of nitrogens with zero attached hydrogens (tertiary/aromatic N) is 2. The first-order chi connectivity index (χ1) is 15.7.